The van der Waals surface area contributed by atoms with Crippen LogP contribution >= 0.6 is 0 Å². The molecule has 0 spiro atoms. The number of hydrogen-bond acceptors (Lipinski definition) is 2. The first kappa shape index (κ1) is 14.2. The summed E-state index contributed by atoms with van der Waals surface area (Å²) in [6.07, 6.45) is 4.82. The Balaban J connectivity index is 1.51. The van der Waals surface area contributed by atoms with Crippen molar-refractivity contribution in [2.24, 2.45) is 0 Å². The van der Waals surface area contributed by atoms with Crippen LogP contribution < -0.4 is 10.1 Å². The molecule has 1 saturated heterocycles. The lowest BCUT2D eigenvalue weighted by Crippen LogP contribution is -2.38. The van der Waals surface area contributed by atoms with Crippen molar-refractivity contribution in [1.29, 1.82) is 0 Å². The van der Waals surface area contributed by atoms with Crippen molar-refractivity contribution in [3.05, 3.63) is 65.7 Å². The van der Waals surface area contributed by atoms with Gasteiger partial charge in [-0.2, -0.15) is 0 Å². The highest BCUT2D eigenvalue weighted by Crippen LogP contribution is 2.16. The van der Waals surface area contributed by atoms with Gasteiger partial charge in [-0.25, -0.2) is 0 Å². The van der Waals surface area contributed by atoms with E-state index in [4.69, 9.17) is 4.74 Å². The van der Waals surface area contributed by atoms with E-state index in [0.29, 0.717) is 6.04 Å². The van der Waals surface area contributed by atoms with E-state index in [9.17, 15) is 0 Å². The Labute approximate surface area is 127 Å². The number of piperidine rings is 1. The van der Waals surface area contributed by atoms with Gasteiger partial charge in [-0.05, 0) is 49.1 Å². The lowest BCUT2D eigenvalue weighted by Gasteiger charge is -2.23. The molecule has 2 aromatic carbocycles. The molecular weight excluding hydrogens is 258 g/mol. The maximum absolute atomic E-state index is 5.89. The molecule has 1 aliphatic heterocycles. The lowest BCUT2D eigenvalue weighted by atomic mass is 10.0. The summed E-state index contributed by atoms with van der Waals surface area (Å²) >= 11 is 0. The largest absolute Gasteiger partial charge is 0.492 e. The van der Waals surface area contributed by atoms with Gasteiger partial charge < -0.3 is 10.1 Å². The maximum atomic E-state index is 5.89. The molecule has 0 saturated carbocycles. The minimum absolute atomic E-state index is 0.516. The summed E-state index contributed by atoms with van der Waals surface area (Å²) in [5.74, 6) is 0.971. The molecule has 110 valence electrons. The molecule has 1 heterocycles. The van der Waals surface area contributed by atoms with E-state index in [1.54, 1.807) is 0 Å². The summed E-state index contributed by atoms with van der Waals surface area (Å²) in [6.45, 7) is 1.90. The molecule has 1 aliphatic rings. The summed E-state index contributed by atoms with van der Waals surface area (Å²) in [4.78, 5) is 0. The van der Waals surface area contributed by atoms with Crippen molar-refractivity contribution in [3.63, 3.8) is 0 Å². The zero-order valence-corrected chi connectivity index (χ0v) is 12.4. The van der Waals surface area contributed by atoms with Crippen LogP contribution in [0.1, 0.15) is 30.4 Å². The molecule has 2 heteroatoms. The monoisotopic (exact) mass is 281 g/mol. The number of nitrogens with one attached hydrogen (secondary N) is 1. The Kier molecular flexibility index (Phi) is 4.90. The van der Waals surface area contributed by atoms with Crippen molar-refractivity contribution in [1.82, 2.24) is 5.32 Å². The average Bonchev–Trinajstić information content (AvgIpc) is 2.56. The number of rotatable bonds is 5. The van der Waals surface area contributed by atoms with E-state index in [2.05, 4.69) is 59.9 Å². The SMILES string of the molecule is c1ccc(Cc2ccc(OCC3CCCCN3)cc2)cc1. The van der Waals surface area contributed by atoms with Crippen LogP contribution in [0.5, 0.6) is 5.75 Å². The van der Waals surface area contributed by atoms with Gasteiger partial charge in [-0.15, -0.1) is 0 Å². The number of ether oxygens (including phenoxy) is 1. The van der Waals surface area contributed by atoms with Crippen LogP contribution in [0.2, 0.25) is 0 Å². The molecule has 2 nitrogen and oxygen atoms in total. The van der Waals surface area contributed by atoms with Crippen molar-refractivity contribution < 1.29 is 4.74 Å². The van der Waals surface area contributed by atoms with E-state index in [-0.39, 0.29) is 0 Å². The molecular formula is C19H23NO. The Bertz CT molecular complexity index is 529. The fourth-order valence-electron chi connectivity index (χ4n) is 2.80. The van der Waals surface area contributed by atoms with E-state index in [1.807, 2.05) is 0 Å². The van der Waals surface area contributed by atoms with Crippen LogP contribution in [-0.2, 0) is 6.42 Å². The Morgan fingerprint density at radius 1 is 0.905 bits per heavy atom. The van der Waals surface area contributed by atoms with Crippen LogP contribution in [0.4, 0.5) is 0 Å². The van der Waals surface area contributed by atoms with Gasteiger partial charge in [0, 0.05) is 6.04 Å². The Morgan fingerprint density at radius 3 is 2.38 bits per heavy atom. The molecule has 0 amide bonds. The highest BCUT2D eigenvalue weighted by Gasteiger charge is 2.12. The molecule has 0 bridgehead atoms. The molecule has 21 heavy (non-hydrogen) atoms. The second-order valence-corrected chi connectivity index (χ2v) is 5.76. The second kappa shape index (κ2) is 7.28. The van der Waals surface area contributed by atoms with Crippen molar-refractivity contribution in [2.45, 2.75) is 31.7 Å². The standard InChI is InChI=1S/C19H23NO/c1-2-6-16(7-3-1)14-17-9-11-19(12-10-17)21-15-18-8-4-5-13-20-18/h1-3,6-7,9-12,18,20H,4-5,8,13-15H2. The van der Waals surface area contributed by atoms with Crippen LogP contribution in [0.15, 0.2) is 54.6 Å². The van der Waals surface area contributed by atoms with E-state index >= 15 is 0 Å². The quantitative estimate of drug-likeness (QED) is 0.900. The molecule has 0 radical (unpaired) electrons. The molecule has 0 aromatic heterocycles. The highest BCUT2D eigenvalue weighted by atomic mass is 16.5. The molecule has 0 aliphatic carbocycles. The summed E-state index contributed by atoms with van der Waals surface area (Å²) < 4.78 is 5.89. The van der Waals surface area contributed by atoms with Crippen molar-refractivity contribution in [3.8, 4) is 5.75 Å². The Hall–Kier alpha value is -1.80. The smallest absolute Gasteiger partial charge is 0.119 e. The lowest BCUT2D eigenvalue weighted by molar-refractivity contribution is 0.239. The molecule has 1 N–H and O–H groups in total. The van der Waals surface area contributed by atoms with Crippen LogP contribution in [0.25, 0.3) is 0 Å². The predicted octanol–water partition coefficient (Wildman–Crippen LogP) is 3.80. The number of benzene rings is 2. The van der Waals surface area contributed by atoms with Crippen molar-refractivity contribution >= 4 is 0 Å². The van der Waals surface area contributed by atoms with Gasteiger partial charge in [0.25, 0.3) is 0 Å². The number of hydrogen-bond donors (Lipinski definition) is 1. The molecule has 1 unspecified atom stereocenters. The summed E-state index contributed by atoms with van der Waals surface area (Å²) in [6, 6.07) is 19.6. The fraction of sp³-hybridized carbons (Fsp3) is 0.368. The van der Waals surface area contributed by atoms with Crippen LogP contribution in [0.3, 0.4) is 0 Å². The van der Waals surface area contributed by atoms with Gasteiger partial charge in [0.2, 0.25) is 0 Å². The third kappa shape index (κ3) is 4.33. The molecule has 1 fully saturated rings. The predicted molar refractivity (Wildman–Crippen MR) is 86.8 cm³/mol. The minimum atomic E-state index is 0.516. The Morgan fingerprint density at radius 2 is 1.67 bits per heavy atom. The van der Waals surface area contributed by atoms with Gasteiger partial charge >= 0.3 is 0 Å². The molecule has 2 aromatic rings. The van der Waals surface area contributed by atoms with Crippen LogP contribution in [-0.4, -0.2) is 19.2 Å². The summed E-state index contributed by atoms with van der Waals surface area (Å²) in [7, 11) is 0. The van der Waals surface area contributed by atoms with Gasteiger partial charge in [0.1, 0.15) is 12.4 Å². The van der Waals surface area contributed by atoms with E-state index in [1.165, 1.54) is 30.4 Å². The first-order valence-corrected chi connectivity index (χ1v) is 7.89. The van der Waals surface area contributed by atoms with Gasteiger partial charge in [-0.3, -0.25) is 0 Å². The average molecular weight is 281 g/mol. The second-order valence-electron chi connectivity index (χ2n) is 5.76. The fourth-order valence-corrected chi connectivity index (χ4v) is 2.80. The third-order valence-electron chi connectivity index (χ3n) is 4.04. The normalized spacial score (nSPS) is 18.4. The first-order chi connectivity index (χ1) is 10.4. The zero-order chi connectivity index (χ0) is 14.3. The topological polar surface area (TPSA) is 21.3 Å². The van der Waals surface area contributed by atoms with Crippen molar-refractivity contribution in [2.75, 3.05) is 13.2 Å². The molecule has 3 rings (SSSR count). The van der Waals surface area contributed by atoms with Gasteiger partial charge in [0.05, 0.1) is 0 Å². The highest BCUT2D eigenvalue weighted by molar-refractivity contribution is 5.31. The summed E-state index contributed by atoms with van der Waals surface area (Å²) in [5, 5.41) is 3.51. The van der Waals surface area contributed by atoms with Gasteiger partial charge in [-0.1, -0.05) is 48.9 Å². The van der Waals surface area contributed by atoms with E-state index in [0.717, 1.165) is 25.3 Å². The van der Waals surface area contributed by atoms with Crippen LogP contribution in [0, 0.1) is 0 Å². The third-order valence-corrected chi connectivity index (χ3v) is 4.04. The zero-order valence-electron chi connectivity index (χ0n) is 12.4. The molecule has 1 atom stereocenters. The van der Waals surface area contributed by atoms with E-state index < -0.39 is 0 Å². The minimum Gasteiger partial charge on any atom is -0.492 e. The first-order valence-electron chi connectivity index (χ1n) is 7.89. The maximum Gasteiger partial charge on any atom is 0.119 e. The summed E-state index contributed by atoms with van der Waals surface area (Å²) in [5.41, 5.74) is 2.67. The van der Waals surface area contributed by atoms with Gasteiger partial charge in [0.15, 0.2) is 0 Å².